The number of aromatic amines is 1. The summed E-state index contributed by atoms with van der Waals surface area (Å²) in [5, 5.41) is 2.81. The van der Waals surface area contributed by atoms with Crippen molar-refractivity contribution in [2.45, 2.75) is 19.4 Å². The molecular weight excluding hydrogens is 311 g/mol. The molecule has 4 N–H and O–H groups in total. The maximum atomic E-state index is 11.2. The van der Waals surface area contributed by atoms with Gasteiger partial charge in [0.15, 0.2) is 0 Å². The van der Waals surface area contributed by atoms with Crippen molar-refractivity contribution in [2.75, 3.05) is 5.32 Å². The van der Waals surface area contributed by atoms with Crippen molar-refractivity contribution in [3.63, 3.8) is 0 Å². The molecule has 0 aliphatic rings. The highest BCUT2D eigenvalue weighted by molar-refractivity contribution is 14.1. The first-order valence-electron chi connectivity index (χ1n) is 4.16. The Hall–Kier alpha value is -1.12. The van der Waals surface area contributed by atoms with Crippen molar-refractivity contribution < 1.29 is 4.79 Å². The van der Waals surface area contributed by atoms with Gasteiger partial charge in [-0.25, -0.2) is 4.98 Å². The zero-order valence-electron chi connectivity index (χ0n) is 8.30. The molecule has 0 radical (unpaired) electrons. The van der Waals surface area contributed by atoms with Gasteiger partial charge in [0.1, 0.15) is 14.9 Å². The van der Waals surface area contributed by atoms with Crippen LogP contribution in [0.4, 0.5) is 5.82 Å². The van der Waals surface area contributed by atoms with Crippen LogP contribution in [0.15, 0.2) is 11.1 Å². The monoisotopic (exact) mass is 322 g/mol. The zero-order valence-corrected chi connectivity index (χ0v) is 10.5. The van der Waals surface area contributed by atoms with E-state index in [0.29, 0.717) is 9.39 Å². The Kier molecular flexibility index (Phi) is 3.32. The number of anilines is 1. The van der Waals surface area contributed by atoms with E-state index in [1.165, 1.54) is 6.33 Å². The summed E-state index contributed by atoms with van der Waals surface area (Å²) in [6, 6.07) is 0. The maximum absolute atomic E-state index is 11.2. The predicted octanol–water partition coefficient (Wildman–Crippen LogP) is 0.0503. The van der Waals surface area contributed by atoms with Crippen molar-refractivity contribution in [1.29, 1.82) is 0 Å². The Morgan fingerprint density at radius 3 is 2.80 bits per heavy atom. The molecule has 82 valence electrons. The number of rotatable bonds is 3. The highest BCUT2D eigenvalue weighted by atomic mass is 127. The van der Waals surface area contributed by atoms with Crippen LogP contribution >= 0.6 is 22.6 Å². The fraction of sp³-hybridized carbons (Fsp3) is 0.375. The number of hydrogen-bond acceptors (Lipinski definition) is 4. The molecule has 1 heterocycles. The Bertz CT molecular complexity index is 441. The SMILES string of the molecule is CC(C)(Nc1nc[nH]c(=O)c1I)C(N)=O. The van der Waals surface area contributed by atoms with Crippen LogP contribution in [-0.4, -0.2) is 21.4 Å². The van der Waals surface area contributed by atoms with E-state index in [1.54, 1.807) is 13.8 Å². The van der Waals surface area contributed by atoms with Gasteiger partial charge < -0.3 is 16.0 Å². The van der Waals surface area contributed by atoms with E-state index < -0.39 is 11.4 Å². The number of H-pyrrole nitrogens is 1. The lowest BCUT2D eigenvalue weighted by Crippen LogP contribution is -2.45. The smallest absolute Gasteiger partial charge is 0.266 e. The topological polar surface area (TPSA) is 101 Å². The van der Waals surface area contributed by atoms with Crippen molar-refractivity contribution in [3.8, 4) is 0 Å². The van der Waals surface area contributed by atoms with E-state index in [1.807, 2.05) is 22.6 Å². The van der Waals surface area contributed by atoms with E-state index in [4.69, 9.17) is 5.73 Å². The molecule has 15 heavy (non-hydrogen) atoms. The van der Waals surface area contributed by atoms with Gasteiger partial charge >= 0.3 is 0 Å². The molecule has 1 aromatic heterocycles. The van der Waals surface area contributed by atoms with Gasteiger partial charge in [-0.3, -0.25) is 9.59 Å². The summed E-state index contributed by atoms with van der Waals surface area (Å²) in [7, 11) is 0. The van der Waals surface area contributed by atoms with Crippen LogP contribution in [0.1, 0.15) is 13.8 Å². The first kappa shape index (κ1) is 12.0. The van der Waals surface area contributed by atoms with Gasteiger partial charge in [0.25, 0.3) is 5.56 Å². The number of carbonyl (C=O) groups is 1. The molecule has 0 aliphatic heterocycles. The van der Waals surface area contributed by atoms with Gasteiger partial charge in [0.05, 0.1) is 6.33 Å². The first-order chi connectivity index (χ1) is 6.84. The average Bonchev–Trinajstić information content (AvgIpc) is 2.12. The van der Waals surface area contributed by atoms with Gasteiger partial charge in [-0.2, -0.15) is 0 Å². The largest absolute Gasteiger partial charge is 0.368 e. The highest BCUT2D eigenvalue weighted by Gasteiger charge is 2.26. The zero-order chi connectivity index (χ0) is 11.6. The van der Waals surface area contributed by atoms with Crippen molar-refractivity contribution in [1.82, 2.24) is 9.97 Å². The predicted molar refractivity (Wildman–Crippen MR) is 64.5 cm³/mol. The lowest BCUT2D eigenvalue weighted by molar-refractivity contribution is -0.121. The van der Waals surface area contributed by atoms with E-state index >= 15 is 0 Å². The molecule has 7 heteroatoms. The van der Waals surface area contributed by atoms with Gasteiger partial charge in [-0.1, -0.05) is 0 Å². The third kappa shape index (κ3) is 2.67. The van der Waals surface area contributed by atoms with E-state index in [-0.39, 0.29) is 5.56 Å². The Morgan fingerprint density at radius 2 is 2.27 bits per heavy atom. The molecule has 0 saturated heterocycles. The Balaban J connectivity index is 3.05. The number of hydrogen-bond donors (Lipinski definition) is 3. The number of aromatic nitrogens is 2. The minimum Gasteiger partial charge on any atom is -0.368 e. The second kappa shape index (κ2) is 4.17. The van der Waals surface area contributed by atoms with Crippen LogP contribution in [0, 0.1) is 3.57 Å². The summed E-state index contributed by atoms with van der Waals surface area (Å²) in [6.45, 7) is 3.24. The van der Waals surface area contributed by atoms with Crippen molar-refractivity contribution in [3.05, 3.63) is 20.3 Å². The fourth-order valence-electron chi connectivity index (χ4n) is 0.828. The molecule has 0 aliphatic carbocycles. The fourth-order valence-corrected chi connectivity index (χ4v) is 1.26. The molecule has 0 unspecified atom stereocenters. The standard InChI is InChI=1S/C8H11IN4O2/c1-8(2,7(10)15)13-5-4(9)6(14)12-3-11-5/h3H,1-2H3,(H2,10,15)(H2,11,12,13,14). The molecule has 0 atom stereocenters. The Labute approximate surface area is 99.8 Å². The number of nitrogens with zero attached hydrogens (tertiary/aromatic N) is 1. The summed E-state index contributed by atoms with van der Waals surface area (Å²) >= 11 is 1.85. The van der Waals surface area contributed by atoms with Crippen LogP contribution in [0.2, 0.25) is 0 Å². The maximum Gasteiger partial charge on any atom is 0.266 e. The van der Waals surface area contributed by atoms with Crippen LogP contribution in [0.25, 0.3) is 0 Å². The summed E-state index contributed by atoms with van der Waals surface area (Å²) in [5.41, 5.74) is 3.99. The minimum atomic E-state index is -0.944. The summed E-state index contributed by atoms with van der Waals surface area (Å²) in [4.78, 5) is 28.7. The first-order valence-corrected chi connectivity index (χ1v) is 5.24. The third-order valence-corrected chi connectivity index (χ3v) is 2.84. The lowest BCUT2D eigenvalue weighted by atomic mass is 10.1. The van der Waals surface area contributed by atoms with Gasteiger partial charge in [0.2, 0.25) is 5.91 Å². The molecule has 0 aromatic carbocycles. The van der Waals surface area contributed by atoms with Crippen molar-refractivity contribution in [2.24, 2.45) is 5.73 Å². The molecule has 1 amide bonds. The molecule has 0 fully saturated rings. The molecular formula is C8H11IN4O2. The van der Waals surface area contributed by atoms with E-state index in [0.717, 1.165) is 0 Å². The molecule has 1 rings (SSSR count). The summed E-state index contributed by atoms with van der Waals surface area (Å²) in [5.74, 6) is -0.163. The highest BCUT2D eigenvalue weighted by Crippen LogP contribution is 2.15. The number of nitrogens with two attached hydrogens (primary N) is 1. The number of carbonyl (C=O) groups excluding carboxylic acids is 1. The molecule has 0 bridgehead atoms. The summed E-state index contributed by atoms with van der Waals surface area (Å²) in [6.07, 6.45) is 1.27. The number of nitrogens with one attached hydrogen (secondary N) is 2. The minimum absolute atomic E-state index is 0.256. The Morgan fingerprint density at radius 1 is 1.67 bits per heavy atom. The number of amides is 1. The van der Waals surface area contributed by atoms with Gasteiger partial charge in [0, 0.05) is 0 Å². The van der Waals surface area contributed by atoms with Crippen LogP contribution in [0.5, 0.6) is 0 Å². The quantitative estimate of drug-likeness (QED) is 0.685. The van der Waals surface area contributed by atoms with Crippen molar-refractivity contribution >= 4 is 34.3 Å². The second-order valence-corrected chi connectivity index (χ2v) is 4.59. The average molecular weight is 322 g/mol. The van der Waals surface area contributed by atoms with Gasteiger partial charge in [-0.05, 0) is 36.4 Å². The molecule has 0 spiro atoms. The lowest BCUT2D eigenvalue weighted by Gasteiger charge is -2.23. The molecule has 1 aromatic rings. The van der Waals surface area contributed by atoms with E-state index in [2.05, 4.69) is 15.3 Å². The van der Waals surface area contributed by atoms with Crippen LogP contribution < -0.4 is 16.6 Å². The molecule has 6 nitrogen and oxygen atoms in total. The van der Waals surface area contributed by atoms with Crippen LogP contribution in [0.3, 0.4) is 0 Å². The third-order valence-electron chi connectivity index (χ3n) is 1.84. The normalized spacial score (nSPS) is 11.1. The number of primary amides is 1. The van der Waals surface area contributed by atoms with Crippen LogP contribution in [-0.2, 0) is 4.79 Å². The summed E-state index contributed by atoms with van der Waals surface area (Å²) < 4.78 is 0.393. The second-order valence-electron chi connectivity index (χ2n) is 3.51. The van der Waals surface area contributed by atoms with Gasteiger partial charge in [-0.15, -0.1) is 0 Å². The van der Waals surface area contributed by atoms with E-state index in [9.17, 15) is 9.59 Å². The molecule has 0 saturated carbocycles. The number of halogens is 1.